The van der Waals surface area contributed by atoms with Gasteiger partial charge in [0.05, 0.1) is 69.1 Å². The van der Waals surface area contributed by atoms with E-state index in [1.807, 2.05) is 51.2 Å². The number of ketones is 3. The number of aliphatic carboxylic acids is 2. The van der Waals surface area contributed by atoms with Gasteiger partial charge in [-0.05, 0) is 150 Å². The van der Waals surface area contributed by atoms with Crippen LogP contribution in [0, 0.1) is 35.5 Å². The van der Waals surface area contributed by atoms with Crippen molar-refractivity contribution >= 4 is 133 Å². The quantitative estimate of drug-likeness (QED) is 0.0127. The number of hydrogen-bond acceptors (Lipinski definition) is 33. The molecular weight excluding hydrogens is 1800 g/mol. The summed E-state index contributed by atoms with van der Waals surface area (Å²) in [5.41, 5.74) is 7.52. The second-order valence-corrected chi connectivity index (χ2v) is 37.0. The monoisotopic (exact) mass is 1930 g/mol. The van der Waals surface area contributed by atoms with Crippen molar-refractivity contribution in [3.05, 3.63) is 99.7 Å². The number of rotatable bonds is 40. The zero-order valence-electron chi connectivity index (χ0n) is 77.6. The number of cyclic esters (lactones) is 1. The molecule has 2 bridgehead atoms. The molecule has 0 unspecified atom stereocenters. The number of amides is 8. The van der Waals surface area contributed by atoms with Crippen LogP contribution in [-0.4, -0.2) is 290 Å². The molecule has 7 rings (SSSR count). The number of nitrogens with one attached hydrogen (secondary N) is 9. The van der Waals surface area contributed by atoms with Crippen LogP contribution in [0.3, 0.4) is 0 Å². The van der Waals surface area contributed by atoms with Crippen molar-refractivity contribution in [1.29, 1.82) is 0 Å². The average molecular weight is 1930 g/mol. The third kappa shape index (κ3) is 36.8. The van der Waals surface area contributed by atoms with Crippen molar-refractivity contribution in [1.82, 2.24) is 62.1 Å². The smallest absolute Gasteiger partial charge is 0.481 e. The molecule has 2 aromatic heterocycles. The van der Waals surface area contributed by atoms with Gasteiger partial charge in [-0.1, -0.05) is 92.7 Å². The summed E-state index contributed by atoms with van der Waals surface area (Å²) in [5.74, 6) is -17.2. The third-order valence-corrected chi connectivity index (χ3v) is 26.1. The summed E-state index contributed by atoms with van der Waals surface area (Å²) in [5, 5.41) is 73.3. The van der Waals surface area contributed by atoms with E-state index in [1.54, 1.807) is 52.1 Å². The molecule has 5 heterocycles. The number of carbonyl (C=O) groups is 15. The van der Waals surface area contributed by atoms with Crippen LogP contribution in [0.5, 0.6) is 0 Å². The maximum Gasteiger partial charge on any atom is 0.508 e. The van der Waals surface area contributed by atoms with E-state index in [9.17, 15) is 102 Å². The molecule has 2 saturated heterocycles. The van der Waals surface area contributed by atoms with E-state index in [2.05, 4.69) is 62.5 Å². The summed E-state index contributed by atoms with van der Waals surface area (Å²) in [6.45, 7) is 10.2. The molecule has 44 heteroatoms. The fourth-order valence-electron chi connectivity index (χ4n) is 16.0. The van der Waals surface area contributed by atoms with Crippen molar-refractivity contribution in [2.24, 2.45) is 35.5 Å². The van der Waals surface area contributed by atoms with Crippen LogP contribution in [0.1, 0.15) is 180 Å². The number of aromatic nitrogens is 4. The Morgan fingerprint density at radius 2 is 1.36 bits per heavy atom. The first-order valence-electron chi connectivity index (χ1n) is 45.3. The Bertz CT molecular complexity index is 4770. The first kappa shape index (κ1) is 111. The Labute approximate surface area is 790 Å². The number of aliphatic hydroxyl groups excluding tert-OH is 2. The lowest BCUT2D eigenvalue weighted by molar-refractivity contribution is -0.265. The molecule has 8 amide bonds. The number of allylic oxidation sites excluding steroid dienone is 6. The number of ether oxygens (including phenoxy) is 7. The minimum atomic E-state index is -2.52. The van der Waals surface area contributed by atoms with E-state index in [-0.39, 0.29) is 113 Å². The number of aliphatic hydroxyl groups is 3. The molecule has 4 aliphatic rings. The van der Waals surface area contributed by atoms with Crippen LogP contribution in [0.15, 0.2) is 82.9 Å². The summed E-state index contributed by atoms with van der Waals surface area (Å²) < 4.78 is 41.0. The standard InChI is InChI=1S/C91H130N14O28S2/c1-51-16-11-10-12-17-52(2)68(127-8)44-62-26-20-57(7)91(126,133-62)81(118)87(123)105-34-14-13-18-65(105)88(124)132-69(45-66(106)53(3)41-56(6)79(116)80(117)78(115)55(5)40-51)54(4)42-58-21-29-67(70(43-58)128-9)129-35-36-130-90(125)131-37-39-135-134-38-33-93-72(108)48-98-84(120)63(27-30-75(111)112)102-74(110)50-99-85(121)64(28-31-76(113)114)101-73(109)49-96-71(107)19-15-32-94-83(119)59-22-24-60(25-23-59)95-46-61-47-97-82-77(100-61)86(122)104-89(92)103-82/h10-12,16-17,22-25,41,47,51,53-55,57-58,62-65,67-70,79-80,95,116-117,126H,13-15,18-21,26-40,42-46,48-50H2,1-9H3,(H,93,108)(H,94,119)(H,96,107)(H,98,120)(H,99,121)(H,101,109)(H,102,110)(H,111,112)(H,113,114)(H3,92,97,103,104,122)/b12-10+,16-11+,52-17+,56-41+/t51-,53-,54-,55-,57-,58+,62+,63+,64+,65+,67-,68+,69+,70-,79-,80+,91-/m1/s1. The molecule has 3 aliphatic heterocycles. The zero-order valence-corrected chi connectivity index (χ0v) is 79.2. The molecule has 3 fully saturated rings. The number of Topliss-reactive ketones (excluding diaryl/α,β-unsaturated/α-hetero) is 3. The third-order valence-electron chi connectivity index (χ3n) is 23.7. The Balaban J connectivity index is 0.789. The van der Waals surface area contributed by atoms with Gasteiger partial charge in [-0.25, -0.2) is 19.6 Å². The lowest BCUT2D eigenvalue weighted by atomic mass is 9.78. The van der Waals surface area contributed by atoms with Crippen LogP contribution < -0.4 is 53.8 Å². The number of piperidine rings is 1. The maximum atomic E-state index is 14.7. The number of hydrogen-bond donors (Lipinski definition) is 15. The number of fused-ring (bicyclic) bond motifs is 4. The molecule has 0 spiro atoms. The van der Waals surface area contributed by atoms with E-state index < -0.39 is 230 Å². The second-order valence-electron chi connectivity index (χ2n) is 34.3. The van der Waals surface area contributed by atoms with Crippen molar-refractivity contribution < 1.29 is 131 Å². The van der Waals surface area contributed by atoms with Gasteiger partial charge in [0, 0.05) is 106 Å². The molecular formula is C91H130N14O28S2. The lowest BCUT2D eigenvalue weighted by Crippen LogP contribution is -2.61. The van der Waals surface area contributed by atoms with Gasteiger partial charge in [0.15, 0.2) is 16.9 Å². The topological polar surface area (TPSA) is 619 Å². The first-order chi connectivity index (χ1) is 64.3. The number of carboxylic acid groups (broad SMARTS) is 2. The molecule has 3 aromatic rings. The van der Waals surface area contributed by atoms with E-state index >= 15 is 0 Å². The zero-order chi connectivity index (χ0) is 99.0. The largest absolute Gasteiger partial charge is 0.508 e. The van der Waals surface area contributed by atoms with Crippen LogP contribution >= 0.6 is 21.6 Å². The van der Waals surface area contributed by atoms with Gasteiger partial charge < -0.3 is 112 Å². The fraction of sp³-hybridized carbons (Fsp3) is 0.615. The molecule has 0 radical (unpaired) electrons. The second kappa shape index (κ2) is 56.4. The van der Waals surface area contributed by atoms with Gasteiger partial charge in [0.25, 0.3) is 23.2 Å². The van der Waals surface area contributed by atoms with E-state index in [4.69, 9.17) is 38.9 Å². The molecule has 1 aliphatic carbocycles. The predicted molar refractivity (Wildman–Crippen MR) is 494 cm³/mol. The molecule has 1 saturated carbocycles. The SMILES string of the molecule is CO[C@H]1C[C@@H]2CC[C@@H](C)[C@@](O)(O2)C(=O)C(=O)N2CCCC[C@H]2C(=O)O[C@H]([C@H](C)C[C@@H]2CC[C@@H](OCCOC(=O)OCCSSCCNC(=O)CNC(=O)[C@H](CCC(=O)O)NC(=O)CNC(=O)[C@H](CCC(=O)O)NC(=O)CNC(=O)CCCNC(=O)c3ccc(NCc4cnc5nc(N)[nH]c(=O)c5n4)cc3)[C@H](OC)C2)CC(=O)[C@H](C)/C=C(\C)[C@@H](O)[C@@H](O)C(=O)[C@H](C)C[C@H](C)/C=C/C=C/C=C/1C. The molecule has 16 N–H and O–H groups in total. The van der Waals surface area contributed by atoms with Gasteiger partial charge in [0.2, 0.25) is 47.2 Å². The van der Waals surface area contributed by atoms with E-state index in [0.29, 0.717) is 86.2 Å². The number of benzene rings is 1. The highest BCUT2D eigenvalue weighted by Gasteiger charge is 2.53. The summed E-state index contributed by atoms with van der Waals surface area (Å²) in [7, 11) is 5.72. The highest BCUT2D eigenvalue weighted by molar-refractivity contribution is 8.76. The fourth-order valence-corrected chi connectivity index (χ4v) is 17.7. The summed E-state index contributed by atoms with van der Waals surface area (Å²) >= 11 is 0. The Hall–Kier alpha value is -11.1. The van der Waals surface area contributed by atoms with Gasteiger partial charge in [-0.15, -0.1) is 0 Å². The van der Waals surface area contributed by atoms with Gasteiger partial charge in [0.1, 0.15) is 55.4 Å². The lowest BCUT2D eigenvalue weighted by Gasteiger charge is -2.42. The van der Waals surface area contributed by atoms with E-state index in [1.165, 1.54) is 47.9 Å². The van der Waals surface area contributed by atoms with Crippen molar-refractivity contribution in [3.8, 4) is 0 Å². The number of methoxy groups -OCH3 is 2. The number of H-pyrrole nitrogens is 1. The van der Waals surface area contributed by atoms with Crippen LogP contribution in [0.2, 0.25) is 0 Å². The summed E-state index contributed by atoms with van der Waals surface area (Å²) in [4.78, 5) is 226. The minimum Gasteiger partial charge on any atom is -0.481 e. The number of esters is 1. The van der Waals surface area contributed by atoms with Crippen molar-refractivity contribution in [2.75, 3.05) is 95.9 Å². The molecule has 1 aromatic carbocycles. The summed E-state index contributed by atoms with van der Waals surface area (Å²) in [6, 6.07) is 2.12. The van der Waals surface area contributed by atoms with Crippen molar-refractivity contribution in [2.45, 2.75) is 237 Å². The first-order valence-corrected chi connectivity index (χ1v) is 47.8. The van der Waals surface area contributed by atoms with Crippen LogP contribution in [0.4, 0.5) is 16.4 Å². The number of aromatic amines is 1. The Morgan fingerprint density at radius 3 is 2.04 bits per heavy atom. The highest BCUT2D eigenvalue weighted by atomic mass is 33.1. The number of carbonyl (C=O) groups excluding carboxylic acids is 13. The maximum absolute atomic E-state index is 14.7. The number of anilines is 2. The molecule has 135 heavy (non-hydrogen) atoms. The van der Waals surface area contributed by atoms with Gasteiger partial charge >= 0.3 is 24.1 Å². The Morgan fingerprint density at radius 1 is 0.696 bits per heavy atom. The Kier molecular flexibility index (Phi) is 46.3. The summed E-state index contributed by atoms with van der Waals surface area (Å²) in [6.07, 6.45) is 6.84. The molecule has 42 nitrogen and oxygen atoms in total. The molecule has 744 valence electrons. The van der Waals surface area contributed by atoms with Crippen molar-refractivity contribution in [3.63, 3.8) is 0 Å². The predicted octanol–water partition coefficient (Wildman–Crippen LogP) is 3.68. The number of nitrogens with zero attached hydrogens (tertiary/aromatic N) is 4. The van der Waals surface area contributed by atoms with Gasteiger partial charge in [-0.3, -0.25) is 72.1 Å². The van der Waals surface area contributed by atoms with Crippen LogP contribution in [-0.2, 0) is 102 Å². The normalized spacial score (nSPS) is 25.5. The number of nitrogens with two attached hydrogens (primary N) is 1. The van der Waals surface area contributed by atoms with Crippen LogP contribution in [0.25, 0.3) is 11.2 Å². The number of nitrogen functional groups attached to an aromatic ring is 1. The minimum absolute atomic E-state index is 0.00140. The van der Waals surface area contributed by atoms with Gasteiger partial charge in [-0.2, -0.15) is 4.98 Å². The molecule has 17 atom stereocenters. The average Bonchev–Trinajstić information content (AvgIpc) is 0.774. The highest BCUT2D eigenvalue weighted by Crippen LogP contribution is 2.39. The van der Waals surface area contributed by atoms with E-state index in [0.717, 1.165) is 10.5 Å². The number of carboxylic acids is 2.